The predicted molar refractivity (Wildman–Crippen MR) is 99.4 cm³/mol. The lowest BCUT2D eigenvalue weighted by Gasteiger charge is -2.27. The smallest absolute Gasteiger partial charge is 0.303 e. The first-order valence-corrected chi connectivity index (χ1v) is 9.92. The number of hydrogen-bond acceptors (Lipinski definition) is 3. The Morgan fingerprint density at radius 1 is 1.04 bits per heavy atom. The van der Waals surface area contributed by atoms with E-state index in [0.29, 0.717) is 18.1 Å². The van der Waals surface area contributed by atoms with Crippen molar-refractivity contribution in [1.29, 1.82) is 0 Å². The minimum atomic E-state index is -0.701. The molecular weight excluding hydrogens is 316 g/mol. The molecule has 4 nitrogen and oxygen atoms in total. The van der Waals surface area contributed by atoms with Crippen molar-refractivity contribution in [2.75, 3.05) is 7.11 Å². The third kappa shape index (κ3) is 6.85. The summed E-state index contributed by atoms with van der Waals surface area (Å²) in [5.41, 5.74) is 0. The van der Waals surface area contributed by atoms with Gasteiger partial charge in [0.1, 0.15) is 0 Å². The van der Waals surface area contributed by atoms with E-state index in [4.69, 9.17) is 14.6 Å². The van der Waals surface area contributed by atoms with Gasteiger partial charge in [0.25, 0.3) is 0 Å². The van der Waals surface area contributed by atoms with Crippen LogP contribution in [0.15, 0.2) is 24.5 Å². The third-order valence-electron chi connectivity index (χ3n) is 5.57. The second-order valence-corrected chi connectivity index (χ2v) is 7.36. The second kappa shape index (κ2) is 11.3. The van der Waals surface area contributed by atoms with E-state index < -0.39 is 5.97 Å². The summed E-state index contributed by atoms with van der Waals surface area (Å²) in [7, 11) is 1.69. The van der Waals surface area contributed by atoms with Crippen LogP contribution in [0.5, 0.6) is 0 Å². The fraction of sp³-hybridized carbons (Fsp3) is 0.762. The van der Waals surface area contributed by atoms with Gasteiger partial charge in [-0.15, -0.1) is 0 Å². The summed E-state index contributed by atoms with van der Waals surface area (Å²) >= 11 is 0. The Bertz CT molecular complexity index is 443. The molecule has 2 bridgehead atoms. The zero-order valence-electron chi connectivity index (χ0n) is 15.6. The topological polar surface area (TPSA) is 55.8 Å². The molecule has 4 heteroatoms. The quantitative estimate of drug-likeness (QED) is 0.285. The van der Waals surface area contributed by atoms with Gasteiger partial charge >= 0.3 is 5.97 Å². The molecule has 0 aromatic rings. The molecular formula is C21H34O4. The van der Waals surface area contributed by atoms with E-state index in [2.05, 4.69) is 18.2 Å². The zero-order chi connectivity index (χ0) is 17.9. The van der Waals surface area contributed by atoms with Crippen LogP contribution in [0.2, 0.25) is 0 Å². The molecule has 0 spiro atoms. The van der Waals surface area contributed by atoms with Crippen LogP contribution >= 0.6 is 0 Å². The van der Waals surface area contributed by atoms with Crippen molar-refractivity contribution >= 4 is 5.97 Å². The Labute approximate surface area is 152 Å². The maximum Gasteiger partial charge on any atom is 0.303 e. The Hall–Kier alpha value is -1.29. The van der Waals surface area contributed by atoms with E-state index in [1.54, 1.807) is 13.4 Å². The van der Waals surface area contributed by atoms with Gasteiger partial charge in [0.2, 0.25) is 0 Å². The molecule has 142 valence electrons. The van der Waals surface area contributed by atoms with Crippen LogP contribution in [-0.4, -0.2) is 30.4 Å². The molecule has 2 heterocycles. The normalized spacial score (nSPS) is 28.4. The van der Waals surface area contributed by atoms with Crippen molar-refractivity contribution < 1.29 is 19.4 Å². The second-order valence-electron chi connectivity index (χ2n) is 7.36. The lowest BCUT2D eigenvalue weighted by molar-refractivity contribution is -0.137. The molecule has 0 aliphatic carbocycles. The van der Waals surface area contributed by atoms with Gasteiger partial charge in [0.05, 0.1) is 25.6 Å². The van der Waals surface area contributed by atoms with Crippen LogP contribution in [-0.2, 0) is 14.3 Å². The predicted octanol–water partition coefficient (Wildman–Crippen LogP) is 5.09. The van der Waals surface area contributed by atoms with Gasteiger partial charge in [-0.1, -0.05) is 25.0 Å². The number of carboxylic acid groups (broad SMARTS) is 1. The van der Waals surface area contributed by atoms with Crippen LogP contribution < -0.4 is 0 Å². The number of hydrogen-bond donors (Lipinski definition) is 1. The molecule has 0 aromatic heterocycles. The molecule has 0 saturated carbocycles. The van der Waals surface area contributed by atoms with E-state index in [-0.39, 0.29) is 6.42 Å². The molecule has 2 fully saturated rings. The van der Waals surface area contributed by atoms with Crippen molar-refractivity contribution in [3.63, 3.8) is 0 Å². The average molecular weight is 350 g/mol. The monoisotopic (exact) mass is 350 g/mol. The third-order valence-corrected chi connectivity index (χ3v) is 5.57. The fourth-order valence-corrected chi connectivity index (χ4v) is 4.32. The summed E-state index contributed by atoms with van der Waals surface area (Å²) in [6.07, 6.45) is 20.8. The molecule has 0 aromatic carbocycles. The molecule has 2 aliphatic rings. The summed E-state index contributed by atoms with van der Waals surface area (Å²) < 4.78 is 11.1. The van der Waals surface area contributed by atoms with Crippen LogP contribution in [0.25, 0.3) is 0 Å². The molecule has 4 atom stereocenters. The van der Waals surface area contributed by atoms with E-state index >= 15 is 0 Å². The van der Waals surface area contributed by atoms with Gasteiger partial charge in [0, 0.05) is 6.42 Å². The molecule has 2 saturated heterocycles. The van der Waals surface area contributed by atoms with Crippen LogP contribution in [0.4, 0.5) is 0 Å². The van der Waals surface area contributed by atoms with Gasteiger partial charge in [-0.2, -0.15) is 0 Å². The number of fused-ring (bicyclic) bond motifs is 2. The number of carboxylic acids is 1. The largest absolute Gasteiger partial charge is 0.505 e. The summed E-state index contributed by atoms with van der Waals surface area (Å²) in [6.45, 7) is 0. The Kier molecular flexibility index (Phi) is 9.09. The number of ether oxygens (including phenoxy) is 2. The number of methoxy groups -OCH3 is 1. The van der Waals surface area contributed by atoms with Crippen LogP contribution in [0.3, 0.4) is 0 Å². The summed E-state index contributed by atoms with van der Waals surface area (Å²) in [6, 6.07) is 0. The molecule has 0 unspecified atom stereocenters. The Morgan fingerprint density at radius 2 is 1.80 bits per heavy atom. The van der Waals surface area contributed by atoms with Gasteiger partial charge in [-0.3, -0.25) is 4.79 Å². The van der Waals surface area contributed by atoms with Gasteiger partial charge in [0.15, 0.2) is 0 Å². The standard InChI is InChI=1S/C21H34O4/c1-24-16-10-6-2-3-7-11-17-18(20-15-14-19(17)25-20)12-8-4-5-9-13-21(22)23/h4,8,10,16-20H,2-3,5-7,9,11-15H2,1H3,(H,22,23)/b8-4-,16-10?/t17-,18+,19-,20+/m1/s1. The number of aliphatic carboxylic acids is 1. The minimum Gasteiger partial charge on any atom is -0.505 e. The average Bonchev–Trinajstić information content (AvgIpc) is 3.19. The SMILES string of the molecule is COC=CCCCCC[C@@H]1[C@H](C/C=C\CCCC(=O)O)[C@@H]2CC[C@H]1O2. The summed E-state index contributed by atoms with van der Waals surface area (Å²) in [5.74, 6) is 0.687. The molecule has 2 aliphatic heterocycles. The minimum absolute atomic E-state index is 0.268. The van der Waals surface area contributed by atoms with Crippen molar-refractivity contribution in [2.24, 2.45) is 11.8 Å². The highest BCUT2D eigenvalue weighted by Crippen LogP contribution is 2.47. The van der Waals surface area contributed by atoms with E-state index in [9.17, 15) is 4.79 Å². The number of allylic oxidation sites excluding steroid dienone is 3. The fourth-order valence-electron chi connectivity index (χ4n) is 4.32. The summed E-state index contributed by atoms with van der Waals surface area (Å²) in [5, 5.41) is 8.66. The van der Waals surface area contributed by atoms with Crippen LogP contribution in [0, 0.1) is 11.8 Å². The lowest BCUT2D eigenvalue weighted by atomic mass is 9.75. The summed E-state index contributed by atoms with van der Waals surface area (Å²) in [4.78, 5) is 10.5. The van der Waals surface area contributed by atoms with Crippen molar-refractivity contribution in [3.05, 3.63) is 24.5 Å². The van der Waals surface area contributed by atoms with E-state index in [1.807, 2.05) is 0 Å². The van der Waals surface area contributed by atoms with Crippen LogP contribution in [0.1, 0.15) is 70.6 Å². The number of unbranched alkanes of at least 4 members (excludes halogenated alkanes) is 4. The molecule has 0 amide bonds. The highest BCUT2D eigenvalue weighted by Gasteiger charge is 2.47. The van der Waals surface area contributed by atoms with E-state index in [0.717, 1.165) is 31.6 Å². The van der Waals surface area contributed by atoms with Crippen molar-refractivity contribution in [3.8, 4) is 0 Å². The molecule has 1 N–H and O–H groups in total. The Balaban J connectivity index is 1.65. The lowest BCUT2D eigenvalue weighted by Crippen LogP contribution is -2.26. The first kappa shape index (κ1) is 20.0. The van der Waals surface area contributed by atoms with Crippen molar-refractivity contribution in [2.45, 2.75) is 82.8 Å². The number of carbonyl (C=O) groups is 1. The maximum atomic E-state index is 10.5. The molecule has 2 rings (SSSR count). The van der Waals surface area contributed by atoms with Gasteiger partial charge in [-0.25, -0.2) is 0 Å². The highest BCUT2D eigenvalue weighted by atomic mass is 16.5. The maximum absolute atomic E-state index is 10.5. The van der Waals surface area contributed by atoms with E-state index in [1.165, 1.54) is 38.5 Å². The van der Waals surface area contributed by atoms with Gasteiger partial charge in [-0.05, 0) is 69.3 Å². The van der Waals surface area contributed by atoms with Crippen molar-refractivity contribution in [1.82, 2.24) is 0 Å². The number of rotatable bonds is 13. The Morgan fingerprint density at radius 3 is 2.56 bits per heavy atom. The first-order chi connectivity index (χ1) is 12.2. The molecule has 25 heavy (non-hydrogen) atoms. The first-order valence-electron chi connectivity index (χ1n) is 9.92. The van der Waals surface area contributed by atoms with Gasteiger partial charge < -0.3 is 14.6 Å². The zero-order valence-corrected chi connectivity index (χ0v) is 15.6. The highest BCUT2D eigenvalue weighted by molar-refractivity contribution is 5.66. The molecule has 0 radical (unpaired) electrons.